The van der Waals surface area contributed by atoms with E-state index in [0.29, 0.717) is 40.9 Å². The Hall–Kier alpha value is -2.11. The van der Waals surface area contributed by atoms with Crippen molar-refractivity contribution in [1.82, 2.24) is 19.8 Å². The van der Waals surface area contributed by atoms with Crippen molar-refractivity contribution in [2.75, 3.05) is 20.2 Å². The number of aromatic amines is 1. The van der Waals surface area contributed by atoms with Gasteiger partial charge in [0, 0.05) is 31.6 Å². The molecule has 2 aromatic heterocycles. The Balaban J connectivity index is 0.000000283. The molecule has 0 aliphatic carbocycles. The predicted octanol–water partition coefficient (Wildman–Crippen LogP) is 4.95. The summed E-state index contributed by atoms with van der Waals surface area (Å²) in [6, 6.07) is -0.299. The monoisotopic (exact) mass is 570 g/mol. The summed E-state index contributed by atoms with van der Waals surface area (Å²) in [6.45, 7) is 6.37. The zero-order valence-electron chi connectivity index (χ0n) is 19.4. The minimum atomic E-state index is -1.05. The first-order valence-corrected chi connectivity index (χ1v) is 12.0. The molecule has 0 aromatic carbocycles. The molecule has 2 atom stereocenters. The van der Waals surface area contributed by atoms with Crippen LogP contribution in [0.4, 0.5) is 4.79 Å². The van der Waals surface area contributed by atoms with Crippen LogP contribution in [0.5, 0.6) is 0 Å². The third-order valence-corrected chi connectivity index (χ3v) is 7.52. The molecule has 2 unspecified atom stereocenters. The number of carbonyl (C=O) groups is 3. The standard InChI is InChI=1S/C13H17Cl2N3O4.C8H9Cl2NO2/c1-6-9(14)10(15)11(16-6)12(19)17-7-3-4-18(13(20)21)5-8(7)22-2;1-3-11-4(2)5(9)6(10)7(11)8(12)13/h7-8,16H,3-5H2,1-2H3,(H,17,19)(H,20,21);3H2,1-2H3,(H,12,13). The molecule has 194 valence electrons. The third kappa shape index (κ3) is 6.37. The molecule has 2 aromatic rings. The molecule has 0 saturated carbocycles. The first kappa shape index (κ1) is 29.1. The van der Waals surface area contributed by atoms with Gasteiger partial charge in [-0.3, -0.25) is 4.79 Å². The summed E-state index contributed by atoms with van der Waals surface area (Å²) in [5.41, 5.74) is 1.55. The zero-order chi connectivity index (χ0) is 26.6. The van der Waals surface area contributed by atoms with Crippen LogP contribution in [0.2, 0.25) is 20.1 Å². The van der Waals surface area contributed by atoms with Gasteiger partial charge >= 0.3 is 12.1 Å². The van der Waals surface area contributed by atoms with Crippen LogP contribution in [0, 0.1) is 13.8 Å². The lowest BCUT2D eigenvalue weighted by molar-refractivity contribution is 0.0101. The van der Waals surface area contributed by atoms with Crippen molar-refractivity contribution in [2.45, 2.75) is 45.9 Å². The normalized spacial score (nSPS) is 17.5. The van der Waals surface area contributed by atoms with Gasteiger partial charge in [0.25, 0.3) is 5.91 Å². The van der Waals surface area contributed by atoms with E-state index in [9.17, 15) is 14.4 Å². The number of ether oxygens (including phenoxy) is 1. The van der Waals surface area contributed by atoms with Crippen LogP contribution >= 0.6 is 46.4 Å². The van der Waals surface area contributed by atoms with E-state index in [2.05, 4.69) is 10.3 Å². The van der Waals surface area contributed by atoms with Gasteiger partial charge in [-0.2, -0.15) is 0 Å². The maximum absolute atomic E-state index is 12.3. The topological polar surface area (TPSA) is 137 Å². The van der Waals surface area contributed by atoms with Crippen LogP contribution in [0.25, 0.3) is 0 Å². The number of halogens is 4. The molecule has 0 bridgehead atoms. The van der Waals surface area contributed by atoms with Gasteiger partial charge in [-0.1, -0.05) is 46.4 Å². The number of amides is 2. The Kier molecular flexibility index (Phi) is 10.2. The second-order valence-electron chi connectivity index (χ2n) is 7.74. The Morgan fingerprint density at radius 3 is 2.14 bits per heavy atom. The van der Waals surface area contributed by atoms with E-state index >= 15 is 0 Å². The zero-order valence-corrected chi connectivity index (χ0v) is 22.4. The second kappa shape index (κ2) is 12.2. The molecule has 1 saturated heterocycles. The van der Waals surface area contributed by atoms with Gasteiger partial charge in [0.1, 0.15) is 11.4 Å². The van der Waals surface area contributed by atoms with Gasteiger partial charge < -0.3 is 34.7 Å². The third-order valence-electron chi connectivity index (χ3n) is 5.64. The highest BCUT2D eigenvalue weighted by molar-refractivity contribution is 6.44. The minimum Gasteiger partial charge on any atom is -0.477 e. The first-order chi connectivity index (χ1) is 16.3. The molecule has 2 amide bonds. The molecule has 14 heteroatoms. The number of carboxylic acids is 1. The van der Waals surface area contributed by atoms with Crippen LogP contribution in [0.1, 0.15) is 45.7 Å². The van der Waals surface area contributed by atoms with Crippen LogP contribution in [0.3, 0.4) is 0 Å². The smallest absolute Gasteiger partial charge is 0.407 e. The summed E-state index contributed by atoms with van der Waals surface area (Å²) in [6.07, 6.45) is -0.956. The van der Waals surface area contributed by atoms with E-state index in [1.165, 1.54) is 12.0 Å². The molecule has 1 aliphatic rings. The number of likely N-dealkylation sites (tertiary alicyclic amines) is 1. The van der Waals surface area contributed by atoms with Gasteiger partial charge in [-0.05, 0) is 27.2 Å². The molecular formula is C21H26Cl4N4O6. The van der Waals surface area contributed by atoms with Gasteiger partial charge in [0.2, 0.25) is 0 Å². The van der Waals surface area contributed by atoms with Gasteiger partial charge in [-0.25, -0.2) is 9.59 Å². The van der Waals surface area contributed by atoms with E-state index in [1.54, 1.807) is 18.4 Å². The fraction of sp³-hybridized carbons (Fsp3) is 0.476. The number of aryl methyl sites for hydroxylation is 1. The van der Waals surface area contributed by atoms with Gasteiger partial charge in [0.15, 0.2) is 0 Å². The highest BCUT2D eigenvalue weighted by Crippen LogP contribution is 2.32. The Morgan fingerprint density at radius 2 is 1.71 bits per heavy atom. The number of rotatable bonds is 5. The number of nitrogens with one attached hydrogen (secondary N) is 2. The first-order valence-electron chi connectivity index (χ1n) is 10.5. The molecule has 1 aliphatic heterocycles. The molecule has 3 heterocycles. The van der Waals surface area contributed by atoms with E-state index < -0.39 is 24.1 Å². The highest BCUT2D eigenvalue weighted by Gasteiger charge is 2.33. The Labute approximate surface area is 222 Å². The Morgan fingerprint density at radius 1 is 1.09 bits per heavy atom. The molecule has 3 rings (SSSR count). The maximum Gasteiger partial charge on any atom is 0.407 e. The maximum atomic E-state index is 12.3. The van der Waals surface area contributed by atoms with E-state index in [0.717, 1.165) is 0 Å². The number of aromatic nitrogens is 2. The minimum absolute atomic E-state index is 0.0617. The van der Waals surface area contributed by atoms with Crippen molar-refractivity contribution >= 4 is 64.4 Å². The van der Waals surface area contributed by atoms with Crippen LogP contribution in [-0.4, -0.2) is 75.0 Å². The largest absolute Gasteiger partial charge is 0.477 e. The average molecular weight is 572 g/mol. The SMILES string of the molecule is CCn1c(C)c(Cl)c(Cl)c1C(=O)O.COC1CN(C(=O)O)CCC1NC(=O)c1[nH]c(C)c(Cl)c1Cl. The van der Waals surface area contributed by atoms with Crippen molar-refractivity contribution in [2.24, 2.45) is 0 Å². The average Bonchev–Trinajstić information content (AvgIpc) is 3.20. The lowest BCUT2D eigenvalue weighted by Gasteiger charge is -2.36. The summed E-state index contributed by atoms with van der Waals surface area (Å²) in [7, 11) is 1.48. The van der Waals surface area contributed by atoms with Crippen molar-refractivity contribution in [3.05, 3.63) is 42.9 Å². The summed E-state index contributed by atoms with van der Waals surface area (Å²) in [5.74, 6) is -1.45. The number of hydrogen-bond donors (Lipinski definition) is 4. The number of piperidine rings is 1. The number of carboxylic acid groups (broad SMARTS) is 2. The van der Waals surface area contributed by atoms with Crippen molar-refractivity contribution < 1.29 is 29.3 Å². The van der Waals surface area contributed by atoms with Crippen LogP contribution in [-0.2, 0) is 11.3 Å². The number of methoxy groups -OCH3 is 1. The fourth-order valence-corrected chi connectivity index (χ4v) is 4.66. The van der Waals surface area contributed by atoms with E-state index in [4.69, 9.17) is 61.4 Å². The molecule has 35 heavy (non-hydrogen) atoms. The summed E-state index contributed by atoms with van der Waals surface area (Å²) in [5, 5.41) is 21.6. The summed E-state index contributed by atoms with van der Waals surface area (Å²) >= 11 is 23.5. The van der Waals surface area contributed by atoms with Crippen molar-refractivity contribution in [1.29, 1.82) is 0 Å². The molecule has 10 nitrogen and oxygen atoms in total. The van der Waals surface area contributed by atoms with E-state index in [1.807, 2.05) is 6.92 Å². The van der Waals surface area contributed by atoms with Gasteiger partial charge in [0.05, 0.1) is 38.8 Å². The lowest BCUT2D eigenvalue weighted by Crippen LogP contribution is -2.55. The second-order valence-corrected chi connectivity index (χ2v) is 9.25. The van der Waals surface area contributed by atoms with Crippen molar-refractivity contribution in [3.8, 4) is 0 Å². The summed E-state index contributed by atoms with van der Waals surface area (Å²) < 4.78 is 6.87. The Bertz CT molecular complexity index is 1120. The number of aromatic carboxylic acids is 1. The molecule has 1 fully saturated rings. The van der Waals surface area contributed by atoms with Crippen molar-refractivity contribution in [3.63, 3.8) is 0 Å². The predicted molar refractivity (Wildman–Crippen MR) is 134 cm³/mol. The molecule has 4 N–H and O–H groups in total. The highest BCUT2D eigenvalue weighted by atomic mass is 35.5. The molecule has 0 radical (unpaired) electrons. The number of H-pyrrole nitrogens is 1. The molecular weight excluding hydrogens is 546 g/mol. The lowest BCUT2D eigenvalue weighted by atomic mass is 10.0. The molecule has 0 spiro atoms. The number of carbonyl (C=O) groups excluding carboxylic acids is 1. The number of hydrogen-bond acceptors (Lipinski definition) is 4. The van der Waals surface area contributed by atoms with Crippen LogP contribution in [0.15, 0.2) is 0 Å². The quantitative estimate of drug-likeness (QED) is 0.401. The van der Waals surface area contributed by atoms with Gasteiger partial charge in [-0.15, -0.1) is 0 Å². The fourth-order valence-electron chi connectivity index (χ4n) is 3.73. The van der Waals surface area contributed by atoms with E-state index in [-0.39, 0.29) is 34.0 Å². The summed E-state index contributed by atoms with van der Waals surface area (Å²) in [4.78, 5) is 38.2. The van der Waals surface area contributed by atoms with Crippen LogP contribution < -0.4 is 5.32 Å². The number of nitrogens with zero attached hydrogens (tertiary/aromatic N) is 2.